The number of anilines is 1. The van der Waals surface area contributed by atoms with Gasteiger partial charge in [0.05, 0.1) is 17.7 Å². The zero-order valence-corrected chi connectivity index (χ0v) is 20.4. The van der Waals surface area contributed by atoms with E-state index in [1.807, 2.05) is 67.6 Å². The Labute approximate surface area is 207 Å². The highest BCUT2D eigenvalue weighted by atomic mass is 35.5. The molecule has 7 heteroatoms. The number of ether oxygens (including phenoxy) is 1. The molecule has 172 valence electrons. The summed E-state index contributed by atoms with van der Waals surface area (Å²) in [5, 5.41) is 8.22. The summed E-state index contributed by atoms with van der Waals surface area (Å²) >= 11 is 7.51. The van der Waals surface area contributed by atoms with Crippen LogP contribution in [0.5, 0.6) is 5.75 Å². The van der Waals surface area contributed by atoms with Gasteiger partial charge in [-0.2, -0.15) is 0 Å². The topological polar surface area (TPSA) is 55.3 Å². The highest BCUT2D eigenvalue weighted by Gasteiger charge is 2.28. The first-order valence-corrected chi connectivity index (χ1v) is 12.2. The van der Waals surface area contributed by atoms with E-state index in [9.17, 15) is 4.79 Å². The van der Waals surface area contributed by atoms with Crippen molar-refractivity contribution in [2.24, 2.45) is 0 Å². The lowest BCUT2D eigenvalue weighted by Gasteiger charge is -2.16. The van der Waals surface area contributed by atoms with Gasteiger partial charge in [0, 0.05) is 34.2 Å². The van der Waals surface area contributed by atoms with E-state index < -0.39 is 0 Å². The number of thioether (sulfide) groups is 1. The van der Waals surface area contributed by atoms with Crippen molar-refractivity contribution >= 4 is 51.9 Å². The molecule has 34 heavy (non-hydrogen) atoms. The van der Waals surface area contributed by atoms with Crippen molar-refractivity contribution in [1.82, 2.24) is 9.88 Å². The Morgan fingerprint density at radius 3 is 2.74 bits per heavy atom. The molecule has 0 spiro atoms. The van der Waals surface area contributed by atoms with Crippen LogP contribution in [0, 0.1) is 6.92 Å². The summed E-state index contributed by atoms with van der Waals surface area (Å²) in [6.45, 7) is 2.74. The molecule has 5 nitrogen and oxygen atoms in total. The summed E-state index contributed by atoms with van der Waals surface area (Å²) in [5.41, 5.74) is 4.97. The van der Waals surface area contributed by atoms with E-state index in [-0.39, 0.29) is 11.4 Å². The minimum atomic E-state index is -0.281. The van der Waals surface area contributed by atoms with Gasteiger partial charge in [0.1, 0.15) is 5.75 Å². The molecule has 5 rings (SSSR count). The van der Waals surface area contributed by atoms with Crippen LogP contribution in [0.3, 0.4) is 0 Å². The highest BCUT2D eigenvalue weighted by molar-refractivity contribution is 8.05. The number of methoxy groups -OCH3 is 1. The Morgan fingerprint density at radius 1 is 1.15 bits per heavy atom. The van der Waals surface area contributed by atoms with Crippen LogP contribution in [0.4, 0.5) is 5.69 Å². The minimum Gasteiger partial charge on any atom is -0.495 e. The third-order valence-electron chi connectivity index (χ3n) is 5.74. The maximum Gasteiger partial charge on any atom is 0.260 e. The summed E-state index contributed by atoms with van der Waals surface area (Å²) in [4.78, 5) is 13.4. The van der Waals surface area contributed by atoms with Crippen molar-refractivity contribution in [2.45, 2.75) is 19.0 Å². The molecule has 2 N–H and O–H groups in total. The number of aromatic nitrogens is 1. The SMILES string of the molecule is COc1ccc(C)cc1NC1NC(=O)/C(=C/c2cn(Cc3ccc(Cl)cc3)c3ccccc23)S1. The number of carbonyl (C=O) groups excluding carboxylic acids is 1. The standard InChI is InChI=1S/C27H24ClN3O2S/c1-17-7-12-24(33-2)22(13-17)29-27-30-26(32)25(34-27)14-19-16-31(23-6-4-3-5-21(19)23)15-18-8-10-20(28)11-9-18/h3-14,16,27,29H,15H2,1-2H3,(H,30,32)/b25-14-. The molecular weight excluding hydrogens is 466 g/mol. The van der Waals surface area contributed by atoms with Gasteiger partial charge in [-0.3, -0.25) is 4.79 Å². The Hall–Kier alpha value is -3.35. The van der Waals surface area contributed by atoms with Crippen molar-refractivity contribution in [1.29, 1.82) is 0 Å². The van der Waals surface area contributed by atoms with Gasteiger partial charge in [0.15, 0.2) is 5.50 Å². The van der Waals surface area contributed by atoms with Crippen LogP contribution in [-0.4, -0.2) is 23.1 Å². The maximum atomic E-state index is 12.8. The Balaban J connectivity index is 1.41. The molecule has 0 aliphatic carbocycles. The van der Waals surface area contributed by atoms with Crippen LogP contribution in [0.2, 0.25) is 5.02 Å². The van der Waals surface area contributed by atoms with Crippen LogP contribution >= 0.6 is 23.4 Å². The van der Waals surface area contributed by atoms with Crippen LogP contribution in [0.25, 0.3) is 17.0 Å². The lowest BCUT2D eigenvalue weighted by molar-refractivity contribution is -0.116. The molecule has 1 atom stereocenters. The van der Waals surface area contributed by atoms with Crippen molar-refractivity contribution in [3.8, 4) is 5.75 Å². The zero-order chi connectivity index (χ0) is 23.7. The molecule has 1 aromatic heterocycles. The molecule has 1 fully saturated rings. The third kappa shape index (κ3) is 4.65. The Morgan fingerprint density at radius 2 is 1.94 bits per heavy atom. The maximum absolute atomic E-state index is 12.8. The number of hydrogen-bond acceptors (Lipinski definition) is 4. The summed E-state index contributed by atoms with van der Waals surface area (Å²) in [6, 6.07) is 22.0. The summed E-state index contributed by atoms with van der Waals surface area (Å²) in [7, 11) is 1.64. The number of fused-ring (bicyclic) bond motifs is 1. The number of amides is 1. The minimum absolute atomic E-state index is 0.0938. The largest absolute Gasteiger partial charge is 0.495 e. The molecular formula is C27H24ClN3O2S. The third-order valence-corrected chi connectivity index (χ3v) is 7.03. The smallest absolute Gasteiger partial charge is 0.260 e. The van der Waals surface area contributed by atoms with Crippen LogP contribution in [0.1, 0.15) is 16.7 Å². The molecule has 1 amide bonds. The average Bonchev–Trinajstić information content (AvgIpc) is 3.35. The average molecular weight is 490 g/mol. The van der Waals surface area contributed by atoms with E-state index in [1.54, 1.807) is 7.11 Å². The first-order chi connectivity index (χ1) is 16.5. The molecule has 1 aliphatic heterocycles. The summed E-state index contributed by atoms with van der Waals surface area (Å²) in [5.74, 6) is 0.645. The van der Waals surface area contributed by atoms with Crippen molar-refractivity contribution < 1.29 is 9.53 Å². The van der Waals surface area contributed by atoms with Gasteiger partial charge < -0.3 is 19.9 Å². The molecule has 1 aliphatic rings. The summed E-state index contributed by atoms with van der Waals surface area (Å²) < 4.78 is 7.66. The van der Waals surface area contributed by atoms with Crippen LogP contribution in [0.15, 0.2) is 77.8 Å². The first-order valence-electron chi connectivity index (χ1n) is 10.9. The molecule has 1 unspecified atom stereocenters. The van der Waals surface area contributed by atoms with Crippen molar-refractivity contribution in [3.63, 3.8) is 0 Å². The van der Waals surface area contributed by atoms with Gasteiger partial charge >= 0.3 is 0 Å². The molecule has 0 bridgehead atoms. The summed E-state index contributed by atoms with van der Waals surface area (Å²) in [6.07, 6.45) is 4.07. The van der Waals surface area contributed by atoms with Gasteiger partial charge in [0.25, 0.3) is 5.91 Å². The molecule has 4 aromatic rings. The quantitative estimate of drug-likeness (QED) is 0.314. The number of benzene rings is 3. The van der Waals surface area contributed by atoms with Gasteiger partial charge in [-0.1, -0.05) is 59.8 Å². The number of nitrogens with zero attached hydrogens (tertiary/aromatic N) is 1. The van der Waals surface area contributed by atoms with Crippen LogP contribution in [-0.2, 0) is 11.3 Å². The second-order valence-corrected chi connectivity index (χ2v) is 9.77. The number of nitrogens with one attached hydrogen (secondary N) is 2. The second-order valence-electron chi connectivity index (χ2n) is 8.18. The lowest BCUT2D eigenvalue weighted by atomic mass is 10.1. The van der Waals surface area contributed by atoms with Gasteiger partial charge in [-0.05, 0) is 54.5 Å². The molecule has 2 heterocycles. The fraction of sp³-hybridized carbons (Fsp3) is 0.148. The number of halogens is 1. The number of carbonyl (C=O) groups is 1. The second kappa shape index (κ2) is 9.49. The Bertz CT molecular complexity index is 1400. The normalized spacial score (nSPS) is 16.7. The van der Waals surface area contributed by atoms with Crippen molar-refractivity contribution in [2.75, 3.05) is 12.4 Å². The predicted octanol–water partition coefficient (Wildman–Crippen LogP) is 6.26. The van der Waals surface area contributed by atoms with E-state index in [0.717, 1.165) is 50.6 Å². The first kappa shape index (κ1) is 22.4. The lowest BCUT2D eigenvalue weighted by Crippen LogP contribution is -2.31. The zero-order valence-electron chi connectivity index (χ0n) is 18.8. The number of rotatable bonds is 6. The van der Waals surface area contributed by atoms with E-state index >= 15 is 0 Å². The van der Waals surface area contributed by atoms with Gasteiger partial charge in [0.2, 0.25) is 0 Å². The molecule has 1 saturated heterocycles. The van der Waals surface area contributed by atoms with Crippen molar-refractivity contribution in [3.05, 3.63) is 99.5 Å². The number of hydrogen-bond donors (Lipinski definition) is 2. The van der Waals surface area contributed by atoms with Gasteiger partial charge in [-0.25, -0.2) is 0 Å². The van der Waals surface area contributed by atoms with E-state index in [4.69, 9.17) is 16.3 Å². The fourth-order valence-electron chi connectivity index (χ4n) is 4.09. The van der Waals surface area contributed by atoms with E-state index in [2.05, 4.69) is 33.5 Å². The van der Waals surface area contributed by atoms with Gasteiger partial charge in [-0.15, -0.1) is 0 Å². The molecule has 0 radical (unpaired) electrons. The number of aryl methyl sites for hydroxylation is 1. The van der Waals surface area contributed by atoms with E-state index in [0.29, 0.717) is 4.91 Å². The molecule has 0 saturated carbocycles. The Kier molecular flexibility index (Phi) is 6.26. The van der Waals surface area contributed by atoms with Crippen LogP contribution < -0.4 is 15.4 Å². The molecule has 3 aromatic carbocycles. The van der Waals surface area contributed by atoms with E-state index in [1.165, 1.54) is 11.8 Å². The fourth-order valence-corrected chi connectivity index (χ4v) is 5.18. The highest BCUT2D eigenvalue weighted by Crippen LogP contribution is 2.35. The number of para-hydroxylation sites is 1. The monoisotopic (exact) mass is 489 g/mol. The predicted molar refractivity (Wildman–Crippen MR) is 141 cm³/mol.